The minimum Gasteiger partial charge on any atom is -0.475 e. The molecule has 0 spiro atoms. The molecule has 1 heterocycles. The summed E-state index contributed by atoms with van der Waals surface area (Å²) in [6, 6.07) is 5.35. The first kappa shape index (κ1) is 14.7. The quantitative estimate of drug-likeness (QED) is 0.824. The number of nitrogen functional groups attached to an aromatic ring is 1. The van der Waals surface area contributed by atoms with E-state index in [1.165, 1.54) is 0 Å². The summed E-state index contributed by atoms with van der Waals surface area (Å²) in [5, 5.41) is 0. The van der Waals surface area contributed by atoms with Crippen molar-refractivity contribution in [3.63, 3.8) is 0 Å². The van der Waals surface area contributed by atoms with Gasteiger partial charge in [-0.1, -0.05) is 19.9 Å². The number of benzene rings is 1. The molecular formula is C15H23N3O2. The normalized spacial score (nSPS) is 18.4. The van der Waals surface area contributed by atoms with E-state index >= 15 is 0 Å². The van der Waals surface area contributed by atoms with Gasteiger partial charge in [0.25, 0.3) is 5.91 Å². The summed E-state index contributed by atoms with van der Waals surface area (Å²) in [5.41, 5.74) is 12.2. The molecule has 5 heteroatoms. The van der Waals surface area contributed by atoms with Gasteiger partial charge in [-0.3, -0.25) is 9.69 Å². The van der Waals surface area contributed by atoms with Crippen LogP contribution in [0.2, 0.25) is 0 Å². The first-order valence-corrected chi connectivity index (χ1v) is 7.12. The minimum atomic E-state index is -0.815. The number of rotatable bonds is 4. The molecule has 110 valence electrons. The second-order valence-corrected chi connectivity index (χ2v) is 5.26. The van der Waals surface area contributed by atoms with E-state index in [9.17, 15) is 4.79 Å². The molecule has 1 atom stereocenters. The van der Waals surface area contributed by atoms with E-state index in [1.807, 2.05) is 32.9 Å². The van der Waals surface area contributed by atoms with Crippen LogP contribution in [-0.4, -0.2) is 24.1 Å². The second-order valence-electron chi connectivity index (χ2n) is 5.26. The highest BCUT2D eigenvalue weighted by Gasteiger charge is 2.47. The lowest BCUT2D eigenvalue weighted by Gasteiger charge is -2.44. The Morgan fingerprint density at radius 3 is 2.55 bits per heavy atom. The zero-order valence-electron chi connectivity index (χ0n) is 12.3. The maximum atomic E-state index is 12.9. The summed E-state index contributed by atoms with van der Waals surface area (Å²) in [6.45, 7) is 6.23. The third kappa shape index (κ3) is 2.02. The zero-order valence-corrected chi connectivity index (χ0v) is 12.3. The number of fused-ring (bicyclic) bond motifs is 1. The number of hydrogen-bond acceptors (Lipinski definition) is 4. The molecule has 1 amide bonds. The molecule has 4 N–H and O–H groups in total. The number of nitrogens with two attached hydrogens (primary N) is 2. The van der Waals surface area contributed by atoms with Crippen molar-refractivity contribution in [1.29, 1.82) is 0 Å². The Balaban J connectivity index is 2.62. The second kappa shape index (κ2) is 5.32. The van der Waals surface area contributed by atoms with Crippen molar-refractivity contribution in [2.75, 3.05) is 17.2 Å². The number of ether oxygens (including phenoxy) is 1. The number of anilines is 2. The van der Waals surface area contributed by atoms with E-state index in [-0.39, 0.29) is 11.9 Å². The lowest BCUT2D eigenvalue weighted by molar-refractivity contribution is -0.136. The smallest absolute Gasteiger partial charge is 0.271 e. The molecule has 0 fully saturated rings. The van der Waals surface area contributed by atoms with E-state index in [1.54, 1.807) is 11.0 Å². The molecule has 2 rings (SSSR count). The van der Waals surface area contributed by atoms with E-state index in [2.05, 4.69) is 0 Å². The Morgan fingerprint density at radius 1 is 1.35 bits per heavy atom. The van der Waals surface area contributed by atoms with Gasteiger partial charge < -0.3 is 16.2 Å². The first-order chi connectivity index (χ1) is 9.50. The summed E-state index contributed by atoms with van der Waals surface area (Å²) < 4.78 is 6.02. The number of hydrogen-bond donors (Lipinski definition) is 2. The van der Waals surface area contributed by atoms with Gasteiger partial charge in [0, 0.05) is 12.6 Å². The summed E-state index contributed by atoms with van der Waals surface area (Å²) in [5.74, 6) is 0.611. The van der Waals surface area contributed by atoms with Crippen LogP contribution in [0.25, 0.3) is 0 Å². The topological polar surface area (TPSA) is 81.6 Å². The van der Waals surface area contributed by atoms with E-state index in [0.29, 0.717) is 36.5 Å². The van der Waals surface area contributed by atoms with Gasteiger partial charge in [-0.15, -0.1) is 0 Å². The van der Waals surface area contributed by atoms with Crippen molar-refractivity contribution in [2.24, 2.45) is 5.73 Å². The highest BCUT2D eigenvalue weighted by atomic mass is 16.5. The Labute approximate surface area is 119 Å². The molecule has 20 heavy (non-hydrogen) atoms. The van der Waals surface area contributed by atoms with Crippen LogP contribution in [0, 0.1) is 0 Å². The molecule has 0 bridgehead atoms. The van der Waals surface area contributed by atoms with Gasteiger partial charge in [-0.2, -0.15) is 0 Å². The number of carbonyl (C=O) groups is 1. The zero-order chi connectivity index (χ0) is 14.9. The number of para-hydroxylation sites is 1. The lowest BCUT2D eigenvalue weighted by Crippen LogP contribution is -2.59. The summed E-state index contributed by atoms with van der Waals surface area (Å²) in [4.78, 5) is 14.6. The van der Waals surface area contributed by atoms with Gasteiger partial charge in [-0.05, 0) is 31.9 Å². The SMILES string of the molecule is CCC1(CC)Oc2cccc(N)c2N(C(C)CN)C1=O. The molecule has 1 aromatic rings. The van der Waals surface area contributed by atoms with Crippen LogP contribution in [0.4, 0.5) is 11.4 Å². The van der Waals surface area contributed by atoms with E-state index in [4.69, 9.17) is 16.2 Å². The molecule has 1 aliphatic rings. The summed E-state index contributed by atoms with van der Waals surface area (Å²) >= 11 is 0. The average molecular weight is 277 g/mol. The fourth-order valence-corrected chi connectivity index (χ4v) is 2.68. The van der Waals surface area contributed by atoms with Crippen LogP contribution in [0.1, 0.15) is 33.6 Å². The molecule has 0 radical (unpaired) electrons. The molecule has 0 aromatic heterocycles. The molecule has 0 aliphatic carbocycles. The summed E-state index contributed by atoms with van der Waals surface area (Å²) in [6.07, 6.45) is 1.23. The van der Waals surface area contributed by atoms with Crippen LogP contribution in [-0.2, 0) is 4.79 Å². The number of nitrogens with zero attached hydrogens (tertiary/aromatic N) is 1. The van der Waals surface area contributed by atoms with Gasteiger partial charge in [0.1, 0.15) is 11.4 Å². The Bertz CT molecular complexity index is 512. The molecule has 5 nitrogen and oxygen atoms in total. The van der Waals surface area contributed by atoms with Crippen LogP contribution in [0.15, 0.2) is 18.2 Å². The van der Waals surface area contributed by atoms with E-state index < -0.39 is 5.60 Å². The van der Waals surface area contributed by atoms with Crippen molar-refractivity contribution in [3.8, 4) is 5.75 Å². The number of amides is 1. The first-order valence-electron chi connectivity index (χ1n) is 7.12. The van der Waals surface area contributed by atoms with Gasteiger partial charge in [0.05, 0.1) is 5.69 Å². The van der Waals surface area contributed by atoms with Crippen molar-refractivity contribution < 1.29 is 9.53 Å². The predicted molar refractivity (Wildman–Crippen MR) is 80.8 cm³/mol. The van der Waals surface area contributed by atoms with Crippen LogP contribution < -0.4 is 21.1 Å². The molecule has 1 aromatic carbocycles. The van der Waals surface area contributed by atoms with Crippen LogP contribution in [0.5, 0.6) is 5.75 Å². The Kier molecular flexibility index (Phi) is 3.90. The number of carbonyl (C=O) groups excluding carboxylic acids is 1. The van der Waals surface area contributed by atoms with E-state index in [0.717, 1.165) is 0 Å². The van der Waals surface area contributed by atoms with Gasteiger partial charge in [0.15, 0.2) is 5.60 Å². The van der Waals surface area contributed by atoms with Gasteiger partial charge in [-0.25, -0.2) is 0 Å². The molecule has 1 aliphatic heterocycles. The summed E-state index contributed by atoms with van der Waals surface area (Å²) in [7, 11) is 0. The minimum absolute atomic E-state index is 0.0501. The standard InChI is InChI=1S/C15H23N3O2/c1-4-15(5-2)14(19)18(10(3)9-16)13-11(17)7-6-8-12(13)20-15/h6-8,10H,4-5,9,16-17H2,1-3H3. The third-order valence-electron chi connectivity index (χ3n) is 4.11. The van der Waals surface area contributed by atoms with Crippen LogP contribution in [0.3, 0.4) is 0 Å². The molecule has 0 saturated carbocycles. The maximum Gasteiger partial charge on any atom is 0.271 e. The largest absolute Gasteiger partial charge is 0.475 e. The maximum absolute atomic E-state index is 12.9. The predicted octanol–water partition coefficient (Wildman–Crippen LogP) is 1.90. The Hall–Kier alpha value is -1.75. The highest BCUT2D eigenvalue weighted by Crippen LogP contribution is 2.44. The Morgan fingerprint density at radius 2 is 2.00 bits per heavy atom. The van der Waals surface area contributed by atoms with Crippen molar-refractivity contribution >= 4 is 17.3 Å². The average Bonchev–Trinajstić information content (AvgIpc) is 2.47. The highest BCUT2D eigenvalue weighted by molar-refractivity contribution is 6.05. The van der Waals surface area contributed by atoms with Gasteiger partial charge in [0.2, 0.25) is 0 Å². The van der Waals surface area contributed by atoms with Gasteiger partial charge >= 0.3 is 0 Å². The van der Waals surface area contributed by atoms with Crippen molar-refractivity contribution in [1.82, 2.24) is 0 Å². The fraction of sp³-hybridized carbons (Fsp3) is 0.533. The molecular weight excluding hydrogens is 254 g/mol. The molecule has 1 unspecified atom stereocenters. The third-order valence-corrected chi connectivity index (χ3v) is 4.11. The molecule has 0 saturated heterocycles. The lowest BCUT2D eigenvalue weighted by atomic mass is 9.91. The van der Waals surface area contributed by atoms with Crippen LogP contribution >= 0.6 is 0 Å². The van der Waals surface area contributed by atoms with Crippen molar-refractivity contribution in [2.45, 2.75) is 45.3 Å². The fourth-order valence-electron chi connectivity index (χ4n) is 2.68. The monoisotopic (exact) mass is 277 g/mol. The van der Waals surface area contributed by atoms with Crippen molar-refractivity contribution in [3.05, 3.63) is 18.2 Å².